The first kappa shape index (κ1) is 12.6. The van der Waals surface area contributed by atoms with Gasteiger partial charge in [0.05, 0.1) is 4.34 Å². The largest absolute Gasteiger partial charge is 0.424 e. The van der Waals surface area contributed by atoms with Gasteiger partial charge in [0.25, 0.3) is 0 Å². The fourth-order valence-corrected chi connectivity index (χ4v) is 1.70. The van der Waals surface area contributed by atoms with Crippen molar-refractivity contribution in [1.29, 1.82) is 0 Å². The molecule has 0 aliphatic carbocycles. The number of carbonyl (C=O) groups is 1. The van der Waals surface area contributed by atoms with Gasteiger partial charge in [-0.05, 0) is 33.7 Å². The van der Waals surface area contributed by atoms with Crippen LogP contribution in [0.5, 0.6) is 0 Å². The van der Waals surface area contributed by atoms with E-state index in [1.807, 2.05) is 0 Å². The van der Waals surface area contributed by atoms with Crippen molar-refractivity contribution in [3.63, 3.8) is 0 Å². The first-order chi connectivity index (χ1) is 7.65. The smallest absolute Gasteiger partial charge is 0.310 e. The Kier molecular flexibility index (Phi) is 4.85. The summed E-state index contributed by atoms with van der Waals surface area (Å²) >= 11 is 7.07. The normalized spacial score (nSPS) is 10.8. The molecule has 5 nitrogen and oxygen atoms in total. The second kappa shape index (κ2) is 6.17. The van der Waals surface area contributed by atoms with Crippen LogP contribution in [0.3, 0.4) is 0 Å². The summed E-state index contributed by atoms with van der Waals surface area (Å²) in [4.78, 5) is 13.6. The predicted octanol–water partition coefficient (Wildman–Crippen LogP) is 3.96. The Balaban J connectivity index is 2.88. The molecule has 0 saturated heterocycles. The third kappa shape index (κ3) is 3.94. The Morgan fingerprint density at radius 1 is 1.81 bits per heavy atom. The zero-order valence-electron chi connectivity index (χ0n) is 8.38. The molecule has 1 rings (SSSR count). The molecule has 0 unspecified atom stereocenters. The van der Waals surface area contributed by atoms with Gasteiger partial charge < -0.3 is 4.74 Å². The second-order valence-electron chi connectivity index (χ2n) is 2.68. The highest BCUT2D eigenvalue weighted by Gasteiger charge is 2.04. The molecule has 0 aliphatic heterocycles. The lowest BCUT2D eigenvalue weighted by Crippen LogP contribution is -2.00. The molecule has 16 heavy (non-hydrogen) atoms. The summed E-state index contributed by atoms with van der Waals surface area (Å²) < 4.78 is 5.42. The Hall–Kier alpha value is -1.49. The molecule has 7 heteroatoms. The van der Waals surface area contributed by atoms with Crippen molar-refractivity contribution in [2.24, 2.45) is 5.11 Å². The van der Waals surface area contributed by atoms with Crippen LogP contribution in [0.4, 0.5) is 0 Å². The van der Waals surface area contributed by atoms with Gasteiger partial charge in [0.15, 0.2) is 5.88 Å². The summed E-state index contributed by atoms with van der Waals surface area (Å²) in [7, 11) is 0. The number of halogens is 1. The van der Waals surface area contributed by atoms with Crippen molar-refractivity contribution in [2.45, 2.75) is 13.3 Å². The lowest BCUT2D eigenvalue weighted by atomic mass is 10.3. The molecule has 0 amide bonds. The average molecular weight is 258 g/mol. The van der Waals surface area contributed by atoms with Crippen molar-refractivity contribution >= 4 is 35.0 Å². The maximum Gasteiger partial charge on any atom is 0.310 e. The Morgan fingerprint density at radius 2 is 2.56 bits per heavy atom. The lowest BCUT2D eigenvalue weighted by Gasteiger charge is -2.00. The molecular weight excluding hydrogens is 250 g/mol. The minimum absolute atomic E-state index is 0.0798. The van der Waals surface area contributed by atoms with Crippen LogP contribution in [0.15, 0.2) is 22.4 Å². The Morgan fingerprint density at radius 3 is 3.06 bits per heavy atom. The molecule has 0 radical (unpaired) electrons. The zero-order chi connectivity index (χ0) is 12.0. The molecule has 84 valence electrons. The molecule has 0 bridgehead atoms. The molecule has 0 aliphatic rings. The van der Waals surface area contributed by atoms with Gasteiger partial charge in [-0.25, -0.2) is 0 Å². The Bertz CT molecular complexity index is 463. The zero-order valence-corrected chi connectivity index (χ0v) is 9.96. The highest BCUT2D eigenvalue weighted by Crippen LogP contribution is 2.22. The van der Waals surface area contributed by atoms with E-state index in [-0.39, 0.29) is 12.3 Å². The molecule has 1 aromatic heterocycles. The van der Waals surface area contributed by atoms with E-state index in [0.717, 1.165) is 5.56 Å². The van der Waals surface area contributed by atoms with Crippen LogP contribution in [0.1, 0.15) is 18.9 Å². The predicted molar refractivity (Wildman–Crippen MR) is 62.8 cm³/mol. The van der Waals surface area contributed by atoms with E-state index >= 15 is 0 Å². The van der Waals surface area contributed by atoms with Crippen molar-refractivity contribution in [2.75, 3.05) is 0 Å². The molecule has 0 spiro atoms. The van der Waals surface area contributed by atoms with Crippen LogP contribution < -0.4 is 0 Å². The summed E-state index contributed by atoms with van der Waals surface area (Å²) in [5, 5.41) is 5.04. The topological polar surface area (TPSA) is 75.1 Å². The van der Waals surface area contributed by atoms with Gasteiger partial charge in [-0.15, -0.1) is 11.3 Å². The number of hydrogen-bond acceptors (Lipinski definition) is 4. The fourth-order valence-electron chi connectivity index (χ4n) is 0.853. The van der Waals surface area contributed by atoms with E-state index < -0.39 is 5.97 Å². The molecule has 1 aromatic rings. The molecule has 0 saturated carbocycles. The van der Waals surface area contributed by atoms with Gasteiger partial charge in [0.2, 0.25) is 0 Å². The SMILES string of the molecule is CCC(=O)OC(=Cc1csc(Cl)c1)N=[N+]=[N-]. The van der Waals surface area contributed by atoms with Crippen LogP contribution in [-0.2, 0) is 9.53 Å². The number of thiophene rings is 1. The summed E-state index contributed by atoms with van der Waals surface area (Å²) in [6.45, 7) is 1.65. The number of carbonyl (C=O) groups excluding carboxylic acids is 1. The molecule has 0 atom stereocenters. The van der Waals surface area contributed by atoms with Crippen molar-refractivity contribution < 1.29 is 9.53 Å². The summed E-state index contributed by atoms with van der Waals surface area (Å²) in [5.74, 6) is -0.538. The van der Waals surface area contributed by atoms with Crippen LogP contribution in [0, 0.1) is 0 Å². The van der Waals surface area contributed by atoms with E-state index in [1.165, 1.54) is 17.4 Å². The van der Waals surface area contributed by atoms with Crippen LogP contribution in [0.25, 0.3) is 16.5 Å². The van der Waals surface area contributed by atoms with Crippen LogP contribution >= 0.6 is 22.9 Å². The van der Waals surface area contributed by atoms with Gasteiger partial charge in [0.1, 0.15) is 0 Å². The maximum atomic E-state index is 11.0. The quantitative estimate of drug-likeness (QED) is 0.269. The van der Waals surface area contributed by atoms with E-state index in [4.69, 9.17) is 21.9 Å². The minimum atomic E-state index is -0.458. The van der Waals surface area contributed by atoms with E-state index in [1.54, 1.807) is 18.4 Å². The van der Waals surface area contributed by atoms with Crippen LogP contribution in [-0.4, -0.2) is 5.97 Å². The third-order valence-electron chi connectivity index (χ3n) is 1.53. The van der Waals surface area contributed by atoms with Gasteiger partial charge in [-0.3, -0.25) is 4.79 Å². The molecule has 0 N–H and O–H groups in total. The number of ether oxygens (including phenoxy) is 1. The lowest BCUT2D eigenvalue weighted by molar-refractivity contribution is -0.139. The minimum Gasteiger partial charge on any atom is -0.424 e. The first-order valence-corrected chi connectivity index (χ1v) is 5.63. The van der Waals surface area contributed by atoms with Crippen molar-refractivity contribution in [3.8, 4) is 0 Å². The van der Waals surface area contributed by atoms with Gasteiger partial charge in [0, 0.05) is 11.3 Å². The molecule has 0 aromatic carbocycles. The van der Waals surface area contributed by atoms with Crippen molar-refractivity contribution in [1.82, 2.24) is 0 Å². The number of hydrogen-bond donors (Lipinski definition) is 0. The van der Waals surface area contributed by atoms with Gasteiger partial charge >= 0.3 is 5.97 Å². The second-order valence-corrected chi connectivity index (χ2v) is 4.23. The van der Waals surface area contributed by atoms with E-state index in [0.29, 0.717) is 4.34 Å². The number of azide groups is 1. The maximum absolute atomic E-state index is 11.0. The van der Waals surface area contributed by atoms with Crippen LogP contribution in [0.2, 0.25) is 4.34 Å². The summed E-state index contributed by atoms with van der Waals surface area (Å²) in [5.41, 5.74) is 9.03. The average Bonchev–Trinajstić information content (AvgIpc) is 2.64. The summed E-state index contributed by atoms with van der Waals surface area (Å²) in [6.07, 6.45) is 1.67. The third-order valence-corrected chi connectivity index (χ3v) is 2.64. The standard InChI is InChI=1S/C9H8ClN3O2S/c1-2-9(14)15-8(12-13-11)4-6-3-7(10)16-5-6/h3-5H,2H2,1H3. The monoisotopic (exact) mass is 257 g/mol. The molecular formula is C9H8ClN3O2S. The van der Waals surface area contributed by atoms with Gasteiger partial charge in [-0.1, -0.05) is 18.5 Å². The first-order valence-electron chi connectivity index (χ1n) is 4.37. The van der Waals surface area contributed by atoms with Gasteiger partial charge in [-0.2, -0.15) is 0 Å². The van der Waals surface area contributed by atoms with E-state index in [2.05, 4.69) is 10.0 Å². The number of rotatable bonds is 4. The molecule has 1 heterocycles. The highest BCUT2D eigenvalue weighted by atomic mass is 35.5. The van der Waals surface area contributed by atoms with Crippen molar-refractivity contribution in [3.05, 3.63) is 37.7 Å². The fraction of sp³-hybridized carbons (Fsp3) is 0.222. The summed E-state index contributed by atoms with van der Waals surface area (Å²) in [6, 6.07) is 1.68. The molecule has 0 fully saturated rings. The number of esters is 1. The van der Waals surface area contributed by atoms with E-state index in [9.17, 15) is 4.79 Å². The Labute approximate surface area is 101 Å². The highest BCUT2D eigenvalue weighted by molar-refractivity contribution is 7.14. The number of nitrogens with zero attached hydrogens (tertiary/aromatic N) is 3.